The molecule has 2 aromatic heterocycles. The van der Waals surface area contributed by atoms with Gasteiger partial charge < -0.3 is 10.3 Å². The first-order chi connectivity index (χ1) is 10.8. The molecule has 2 heterocycles. The Hall–Kier alpha value is -2.76. The minimum Gasteiger partial charge on any atom is -0.368 e. The number of nitrogens with two attached hydrogens (primary N) is 1. The molecule has 3 aromatic rings. The maximum atomic E-state index is 5.58. The third-order valence-electron chi connectivity index (χ3n) is 4.33. The van der Waals surface area contributed by atoms with Gasteiger partial charge in [-0.3, -0.25) is 0 Å². The SMILES string of the molecule is Nc1ncc(-c2ccccc2C2CCC2c2ncon2)cn1. The molecule has 1 aliphatic rings. The fraction of sp³-hybridized carbons (Fsp3) is 0.250. The standard InChI is InChI=1S/C16H15N5O/c17-16-18-7-10(8-19-16)11-3-1-2-4-12(11)13-5-6-14(13)15-20-9-22-21-15/h1-4,7-9,13-14H,5-6H2,(H2,17,18,19). The number of nitrogen functional groups attached to an aromatic ring is 1. The van der Waals surface area contributed by atoms with E-state index < -0.39 is 0 Å². The van der Waals surface area contributed by atoms with E-state index in [1.807, 2.05) is 6.07 Å². The zero-order valence-corrected chi connectivity index (χ0v) is 11.9. The second-order valence-corrected chi connectivity index (χ2v) is 5.50. The number of benzene rings is 1. The minimum absolute atomic E-state index is 0.287. The van der Waals surface area contributed by atoms with E-state index in [-0.39, 0.29) is 5.95 Å². The molecular weight excluding hydrogens is 278 g/mol. The molecule has 0 amide bonds. The Kier molecular flexibility index (Phi) is 3.07. The van der Waals surface area contributed by atoms with Gasteiger partial charge in [-0.15, -0.1) is 0 Å². The second-order valence-electron chi connectivity index (χ2n) is 5.50. The van der Waals surface area contributed by atoms with E-state index in [9.17, 15) is 0 Å². The first-order valence-electron chi connectivity index (χ1n) is 7.26. The number of hydrogen-bond acceptors (Lipinski definition) is 6. The van der Waals surface area contributed by atoms with Gasteiger partial charge in [-0.25, -0.2) is 9.97 Å². The van der Waals surface area contributed by atoms with Gasteiger partial charge in [-0.05, 0) is 29.9 Å². The molecule has 0 bridgehead atoms. The van der Waals surface area contributed by atoms with Gasteiger partial charge >= 0.3 is 0 Å². The van der Waals surface area contributed by atoms with Crippen LogP contribution in [0, 0.1) is 0 Å². The number of nitrogens with zero attached hydrogens (tertiary/aromatic N) is 4. The van der Waals surface area contributed by atoms with Crippen molar-refractivity contribution in [3.8, 4) is 11.1 Å². The summed E-state index contributed by atoms with van der Waals surface area (Å²) < 4.78 is 4.89. The fourth-order valence-electron chi connectivity index (χ4n) is 3.08. The fourth-order valence-corrected chi connectivity index (χ4v) is 3.08. The normalized spacial score (nSPS) is 20.5. The average Bonchev–Trinajstić information content (AvgIpc) is 3.01. The van der Waals surface area contributed by atoms with Gasteiger partial charge in [0.1, 0.15) is 0 Å². The lowest BCUT2D eigenvalue weighted by atomic mass is 9.68. The zero-order chi connectivity index (χ0) is 14.9. The predicted octanol–water partition coefficient (Wildman–Crippen LogP) is 2.77. The van der Waals surface area contributed by atoms with Crippen LogP contribution in [0.3, 0.4) is 0 Å². The third kappa shape index (κ3) is 2.13. The van der Waals surface area contributed by atoms with E-state index in [0.29, 0.717) is 11.8 Å². The average molecular weight is 293 g/mol. The largest absolute Gasteiger partial charge is 0.368 e. The maximum Gasteiger partial charge on any atom is 0.219 e. The highest BCUT2D eigenvalue weighted by atomic mass is 16.5. The van der Waals surface area contributed by atoms with Crippen molar-refractivity contribution in [2.75, 3.05) is 5.73 Å². The van der Waals surface area contributed by atoms with Crippen molar-refractivity contribution in [2.45, 2.75) is 24.7 Å². The highest BCUT2D eigenvalue weighted by molar-refractivity contribution is 5.67. The summed E-state index contributed by atoms with van der Waals surface area (Å²) in [6.45, 7) is 0. The monoisotopic (exact) mass is 293 g/mol. The summed E-state index contributed by atoms with van der Waals surface area (Å²) in [7, 11) is 0. The molecule has 0 aliphatic heterocycles. The highest BCUT2D eigenvalue weighted by Gasteiger charge is 2.37. The Morgan fingerprint density at radius 3 is 2.45 bits per heavy atom. The molecule has 4 rings (SSSR count). The molecule has 6 nitrogen and oxygen atoms in total. The number of aromatic nitrogens is 4. The summed E-state index contributed by atoms with van der Waals surface area (Å²) >= 11 is 0. The van der Waals surface area contributed by atoms with Crippen LogP contribution in [0.4, 0.5) is 5.95 Å². The molecule has 1 aliphatic carbocycles. The van der Waals surface area contributed by atoms with E-state index >= 15 is 0 Å². The minimum atomic E-state index is 0.287. The topological polar surface area (TPSA) is 90.7 Å². The summed E-state index contributed by atoms with van der Waals surface area (Å²) in [5.74, 6) is 1.79. The smallest absolute Gasteiger partial charge is 0.219 e. The van der Waals surface area contributed by atoms with Gasteiger partial charge in [-0.1, -0.05) is 29.4 Å². The van der Waals surface area contributed by atoms with E-state index in [0.717, 1.165) is 29.8 Å². The summed E-state index contributed by atoms with van der Waals surface area (Å²) in [5.41, 5.74) is 8.97. The molecule has 0 saturated heterocycles. The first-order valence-corrected chi connectivity index (χ1v) is 7.26. The highest BCUT2D eigenvalue weighted by Crippen LogP contribution is 2.50. The Morgan fingerprint density at radius 1 is 1.00 bits per heavy atom. The van der Waals surface area contributed by atoms with Crippen LogP contribution in [0.25, 0.3) is 11.1 Å². The van der Waals surface area contributed by atoms with Crippen LogP contribution in [0.1, 0.15) is 36.1 Å². The Morgan fingerprint density at radius 2 is 1.77 bits per heavy atom. The molecule has 2 N–H and O–H groups in total. The van der Waals surface area contributed by atoms with Gasteiger partial charge in [0.05, 0.1) is 0 Å². The molecule has 22 heavy (non-hydrogen) atoms. The van der Waals surface area contributed by atoms with Crippen LogP contribution in [0.15, 0.2) is 47.6 Å². The van der Waals surface area contributed by atoms with Crippen molar-refractivity contribution < 1.29 is 4.52 Å². The van der Waals surface area contributed by atoms with Crippen LogP contribution in [-0.4, -0.2) is 20.1 Å². The van der Waals surface area contributed by atoms with Crippen molar-refractivity contribution in [1.29, 1.82) is 0 Å². The molecule has 1 aromatic carbocycles. The second kappa shape index (κ2) is 5.22. The van der Waals surface area contributed by atoms with Crippen LogP contribution in [0.5, 0.6) is 0 Å². The molecular formula is C16H15N5O. The molecule has 6 heteroatoms. The van der Waals surface area contributed by atoms with Gasteiger partial charge in [-0.2, -0.15) is 4.98 Å². The van der Waals surface area contributed by atoms with E-state index in [1.54, 1.807) is 12.4 Å². The van der Waals surface area contributed by atoms with E-state index in [1.165, 1.54) is 12.0 Å². The van der Waals surface area contributed by atoms with E-state index in [4.69, 9.17) is 10.3 Å². The molecule has 110 valence electrons. The molecule has 2 atom stereocenters. The molecule has 1 saturated carbocycles. The Balaban J connectivity index is 1.72. The number of rotatable bonds is 3. The van der Waals surface area contributed by atoms with Crippen LogP contribution >= 0.6 is 0 Å². The van der Waals surface area contributed by atoms with Crippen molar-refractivity contribution >= 4 is 5.95 Å². The first kappa shape index (κ1) is 12.9. The van der Waals surface area contributed by atoms with Crippen molar-refractivity contribution in [3.63, 3.8) is 0 Å². The number of anilines is 1. The predicted molar refractivity (Wildman–Crippen MR) is 80.9 cm³/mol. The molecule has 0 spiro atoms. The molecule has 1 fully saturated rings. The molecule has 0 radical (unpaired) electrons. The summed E-state index contributed by atoms with van der Waals surface area (Å²) in [6, 6.07) is 8.33. The van der Waals surface area contributed by atoms with E-state index in [2.05, 4.69) is 38.3 Å². The lowest BCUT2D eigenvalue weighted by Gasteiger charge is -2.36. The quantitative estimate of drug-likeness (QED) is 0.798. The van der Waals surface area contributed by atoms with Crippen LogP contribution in [-0.2, 0) is 0 Å². The van der Waals surface area contributed by atoms with Gasteiger partial charge in [0.25, 0.3) is 0 Å². The van der Waals surface area contributed by atoms with Gasteiger partial charge in [0.2, 0.25) is 12.3 Å². The van der Waals surface area contributed by atoms with Crippen LogP contribution in [0.2, 0.25) is 0 Å². The van der Waals surface area contributed by atoms with Gasteiger partial charge in [0, 0.05) is 23.9 Å². The van der Waals surface area contributed by atoms with Gasteiger partial charge in [0.15, 0.2) is 5.82 Å². The lowest BCUT2D eigenvalue weighted by molar-refractivity contribution is 0.316. The maximum absolute atomic E-state index is 5.58. The summed E-state index contributed by atoms with van der Waals surface area (Å²) in [4.78, 5) is 12.4. The third-order valence-corrected chi connectivity index (χ3v) is 4.33. The van der Waals surface area contributed by atoms with Crippen molar-refractivity contribution in [1.82, 2.24) is 20.1 Å². The summed E-state index contributed by atoms with van der Waals surface area (Å²) in [6.07, 6.45) is 7.12. The van der Waals surface area contributed by atoms with Crippen molar-refractivity contribution in [2.24, 2.45) is 0 Å². The number of hydrogen-bond donors (Lipinski definition) is 1. The Bertz CT molecular complexity index is 769. The zero-order valence-electron chi connectivity index (χ0n) is 11.9. The molecule has 2 unspecified atom stereocenters. The Labute approximate surface area is 127 Å². The van der Waals surface area contributed by atoms with Crippen LogP contribution < -0.4 is 5.73 Å². The summed E-state index contributed by atoms with van der Waals surface area (Å²) in [5, 5.41) is 4.00. The van der Waals surface area contributed by atoms with Crippen molar-refractivity contribution in [3.05, 3.63) is 54.4 Å². The lowest BCUT2D eigenvalue weighted by Crippen LogP contribution is -2.23.